The lowest BCUT2D eigenvalue weighted by atomic mass is 10.1. The summed E-state index contributed by atoms with van der Waals surface area (Å²) in [5.74, 6) is 0.665. The molecule has 1 amide bonds. The van der Waals surface area contributed by atoms with E-state index in [1.54, 1.807) is 6.20 Å². The fourth-order valence-electron chi connectivity index (χ4n) is 2.90. The van der Waals surface area contributed by atoms with Gasteiger partial charge in [-0.1, -0.05) is 36.4 Å². The maximum atomic E-state index is 12.1. The number of carbonyl (C=O) groups excluding carboxylic acids is 1. The number of anilines is 1. The van der Waals surface area contributed by atoms with Crippen molar-refractivity contribution in [2.45, 2.75) is 18.9 Å². The maximum Gasteiger partial charge on any atom is 0.230 e. The number of aliphatic hydroxyl groups excluding tert-OH is 1. The van der Waals surface area contributed by atoms with E-state index >= 15 is 0 Å². The molecule has 0 saturated carbocycles. The molecule has 0 bridgehead atoms. The van der Waals surface area contributed by atoms with E-state index in [9.17, 15) is 9.90 Å². The van der Waals surface area contributed by atoms with Crippen molar-refractivity contribution in [2.24, 2.45) is 0 Å². The summed E-state index contributed by atoms with van der Waals surface area (Å²) in [7, 11) is 0. The van der Waals surface area contributed by atoms with Crippen molar-refractivity contribution in [1.82, 2.24) is 10.3 Å². The van der Waals surface area contributed by atoms with Gasteiger partial charge in [-0.05, 0) is 54.9 Å². The number of para-hydroxylation sites is 1. The third-order valence-electron chi connectivity index (χ3n) is 4.46. The van der Waals surface area contributed by atoms with Crippen molar-refractivity contribution in [1.29, 1.82) is 0 Å². The monoisotopic (exact) mass is 405 g/mol. The summed E-state index contributed by atoms with van der Waals surface area (Å²) < 4.78 is 5.54. The van der Waals surface area contributed by atoms with E-state index in [2.05, 4.69) is 15.6 Å². The Labute approximate surface area is 176 Å². The van der Waals surface area contributed by atoms with E-state index in [0.29, 0.717) is 6.54 Å². The average Bonchev–Trinajstić information content (AvgIpc) is 2.78. The molecule has 0 unspecified atom stereocenters. The van der Waals surface area contributed by atoms with E-state index in [0.717, 1.165) is 35.7 Å². The molecule has 6 nitrogen and oxygen atoms in total. The van der Waals surface area contributed by atoms with Crippen molar-refractivity contribution in [3.8, 4) is 5.75 Å². The predicted octanol–water partition coefficient (Wildman–Crippen LogP) is 2.83. The van der Waals surface area contributed by atoms with Crippen molar-refractivity contribution in [3.63, 3.8) is 0 Å². The summed E-state index contributed by atoms with van der Waals surface area (Å²) in [5, 5.41) is 16.1. The number of carbonyl (C=O) groups is 1. The topological polar surface area (TPSA) is 83.5 Å². The van der Waals surface area contributed by atoms with Crippen LogP contribution in [0.25, 0.3) is 0 Å². The summed E-state index contributed by atoms with van der Waals surface area (Å²) in [6.45, 7) is 1.46. The minimum absolute atomic E-state index is 0.0881. The molecular weight excluding hydrogens is 378 g/mol. The number of nitrogens with zero attached hydrogens (tertiary/aromatic N) is 1. The van der Waals surface area contributed by atoms with Crippen LogP contribution >= 0.6 is 0 Å². The van der Waals surface area contributed by atoms with Crippen LogP contribution in [-0.4, -0.2) is 41.8 Å². The maximum absolute atomic E-state index is 12.1. The summed E-state index contributed by atoms with van der Waals surface area (Å²) >= 11 is 0. The normalized spacial score (nSPS) is 11.6. The molecule has 0 spiro atoms. The van der Waals surface area contributed by atoms with Crippen LogP contribution in [0.1, 0.15) is 11.3 Å². The molecule has 0 aliphatic carbocycles. The Morgan fingerprint density at radius 2 is 1.77 bits per heavy atom. The lowest BCUT2D eigenvalue weighted by molar-refractivity contribution is -0.115. The second-order valence-corrected chi connectivity index (χ2v) is 6.97. The first-order valence-corrected chi connectivity index (χ1v) is 10.0. The molecule has 2 aromatic carbocycles. The summed E-state index contributed by atoms with van der Waals surface area (Å²) in [4.78, 5) is 16.3. The Morgan fingerprint density at radius 1 is 1.00 bits per heavy atom. The Hall–Kier alpha value is -3.22. The average molecular weight is 405 g/mol. The number of benzene rings is 2. The van der Waals surface area contributed by atoms with E-state index < -0.39 is 6.10 Å². The number of hydrogen-bond donors (Lipinski definition) is 3. The fraction of sp³-hybridized carbons (Fsp3) is 0.250. The van der Waals surface area contributed by atoms with Gasteiger partial charge in [-0.2, -0.15) is 0 Å². The highest BCUT2D eigenvalue weighted by molar-refractivity contribution is 5.91. The van der Waals surface area contributed by atoms with Gasteiger partial charge in [-0.3, -0.25) is 9.78 Å². The van der Waals surface area contributed by atoms with Crippen LogP contribution in [0.4, 0.5) is 5.69 Å². The molecular formula is C24H27N3O3. The van der Waals surface area contributed by atoms with E-state index in [1.165, 1.54) is 0 Å². The third-order valence-corrected chi connectivity index (χ3v) is 4.46. The zero-order valence-corrected chi connectivity index (χ0v) is 16.8. The molecule has 1 heterocycles. The highest BCUT2D eigenvalue weighted by Crippen LogP contribution is 2.11. The summed E-state index contributed by atoms with van der Waals surface area (Å²) in [5.41, 5.74) is 2.66. The molecule has 30 heavy (non-hydrogen) atoms. The molecule has 1 atom stereocenters. The van der Waals surface area contributed by atoms with Crippen LogP contribution in [-0.2, 0) is 17.6 Å². The van der Waals surface area contributed by atoms with Gasteiger partial charge in [0, 0.05) is 24.1 Å². The van der Waals surface area contributed by atoms with Crippen LogP contribution in [0, 0.1) is 0 Å². The number of amides is 1. The van der Waals surface area contributed by atoms with E-state index in [-0.39, 0.29) is 18.9 Å². The smallest absolute Gasteiger partial charge is 0.230 e. The molecule has 1 aromatic heterocycles. The minimum atomic E-state index is -0.568. The van der Waals surface area contributed by atoms with Crippen LogP contribution in [0.2, 0.25) is 0 Å². The van der Waals surface area contributed by atoms with E-state index in [1.807, 2.05) is 72.8 Å². The number of aliphatic hydroxyl groups is 1. The van der Waals surface area contributed by atoms with Gasteiger partial charge in [0.25, 0.3) is 0 Å². The number of aromatic nitrogens is 1. The predicted molar refractivity (Wildman–Crippen MR) is 118 cm³/mol. The fourth-order valence-corrected chi connectivity index (χ4v) is 2.90. The van der Waals surface area contributed by atoms with Crippen molar-refractivity contribution in [2.75, 3.05) is 25.0 Å². The number of pyridine rings is 1. The third kappa shape index (κ3) is 7.66. The second-order valence-electron chi connectivity index (χ2n) is 6.97. The highest BCUT2D eigenvalue weighted by Gasteiger charge is 2.06. The molecule has 0 radical (unpaired) electrons. The molecule has 0 fully saturated rings. The van der Waals surface area contributed by atoms with Crippen LogP contribution in [0.5, 0.6) is 5.75 Å². The Balaban J connectivity index is 1.32. The van der Waals surface area contributed by atoms with Gasteiger partial charge in [0.15, 0.2) is 0 Å². The Morgan fingerprint density at radius 3 is 2.50 bits per heavy atom. The minimum Gasteiger partial charge on any atom is -0.491 e. The number of hydrogen-bond acceptors (Lipinski definition) is 5. The molecule has 3 N–H and O–H groups in total. The lowest BCUT2D eigenvalue weighted by Crippen LogP contribution is -2.32. The summed E-state index contributed by atoms with van der Waals surface area (Å²) in [6, 6.07) is 22.8. The van der Waals surface area contributed by atoms with Crippen molar-refractivity contribution in [3.05, 3.63) is 90.3 Å². The number of rotatable bonds is 11. The van der Waals surface area contributed by atoms with E-state index in [4.69, 9.17) is 4.74 Å². The van der Waals surface area contributed by atoms with Gasteiger partial charge in [0.05, 0.1) is 6.42 Å². The standard InChI is InChI=1S/C24H27N3O3/c28-22(18-30-23-7-2-1-3-8-23)17-25-15-13-19-9-11-20(12-10-19)27-24(29)16-21-6-4-5-14-26-21/h1-12,14,22,25,28H,13,15-18H2,(H,27,29)/t22-/m0/s1. The van der Waals surface area contributed by atoms with Gasteiger partial charge < -0.3 is 20.5 Å². The first kappa shape index (κ1) is 21.5. The van der Waals surface area contributed by atoms with Gasteiger partial charge in [-0.25, -0.2) is 0 Å². The van der Waals surface area contributed by atoms with Crippen LogP contribution in [0.3, 0.4) is 0 Å². The van der Waals surface area contributed by atoms with Gasteiger partial charge in [-0.15, -0.1) is 0 Å². The zero-order chi connectivity index (χ0) is 21.0. The Bertz CT molecular complexity index is 887. The van der Waals surface area contributed by atoms with Gasteiger partial charge in [0.1, 0.15) is 18.5 Å². The Kier molecular flexibility index (Phi) is 8.38. The second kappa shape index (κ2) is 11.7. The molecule has 0 aliphatic heterocycles. The first-order chi connectivity index (χ1) is 14.7. The largest absolute Gasteiger partial charge is 0.491 e. The first-order valence-electron chi connectivity index (χ1n) is 10.0. The van der Waals surface area contributed by atoms with Crippen molar-refractivity contribution >= 4 is 11.6 Å². The molecule has 3 aromatic rings. The highest BCUT2D eigenvalue weighted by atomic mass is 16.5. The zero-order valence-electron chi connectivity index (χ0n) is 16.8. The van der Waals surface area contributed by atoms with Crippen LogP contribution in [0.15, 0.2) is 79.0 Å². The van der Waals surface area contributed by atoms with Gasteiger partial charge >= 0.3 is 0 Å². The molecule has 6 heteroatoms. The van der Waals surface area contributed by atoms with Crippen molar-refractivity contribution < 1.29 is 14.6 Å². The van der Waals surface area contributed by atoms with Gasteiger partial charge in [0.2, 0.25) is 5.91 Å². The molecule has 3 rings (SSSR count). The number of nitrogens with one attached hydrogen (secondary N) is 2. The van der Waals surface area contributed by atoms with Crippen LogP contribution < -0.4 is 15.4 Å². The SMILES string of the molecule is O=C(Cc1ccccn1)Nc1ccc(CCNC[C@H](O)COc2ccccc2)cc1. The molecule has 0 aliphatic rings. The molecule has 0 saturated heterocycles. The summed E-state index contributed by atoms with van der Waals surface area (Å²) in [6.07, 6.45) is 2.19. The number of ether oxygens (including phenoxy) is 1. The quantitative estimate of drug-likeness (QED) is 0.427. The molecule has 156 valence electrons. The lowest BCUT2D eigenvalue weighted by Gasteiger charge is -2.13.